The van der Waals surface area contributed by atoms with Crippen LogP contribution in [0.25, 0.3) is 0 Å². The first-order valence-electron chi connectivity index (χ1n) is 8.16. The van der Waals surface area contributed by atoms with Crippen molar-refractivity contribution < 1.29 is 18.7 Å². The largest absolute Gasteiger partial charge is 0.494 e. The number of aromatic nitrogens is 2. The molecule has 0 saturated carbocycles. The summed E-state index contributed by atoms with van der Waals surface area (Å²) in [5.74, 6) is 0.706. The Morgan fingerprint density at radius 3 is 2.76 bits per heavy atom. The Labute approximate surface area is 146 Å². The van der Waals surface area contributed by atoms with E-state index in [0.29, 0.717) is 31.2 Å². The van der Waals surface area contributed by atoms with Crippen molar-refractivity contribution in [3.05, 3.63) is 47.3 Å². The third kappa shape index (κ3) is 3.51. The molecule has 3 rings (SSSR count). The lowest BCUT2D eigenvalue weighted by Gasteiger charge is -2.40. The molecule has 1 aromatic carbocycles. The number of carbonyl (C=O) groups is 1. The van der Waals surface area contributed by atoms with Crippen molar-refractivity contribution >= 4 is 5.91 Å². The summed E-state index contributed by atoms with van der Waals surface area (Å²) in [5.41, 5.74) is 1.42. The van der Waals surface area contributed by atoms with Crippen LogP contribution >= 0.6 is 0 Å². The minimum absolute atomic E-state index is 0.138. The van der Waals surface area contributed by atoms with E-state index in [1.54, 1.807) is 18.1 Å². The molecule has 1 saturated heterocycles. The van der Waals surface area contributed by atoms with Crippen LogP contribution < -0.4 is 4.74 Å². The Bertz CT molecular complexity index is 769. The van der Waals surface area contributed by atoms with Crippen LogP contribution in [0.2, 0.25) is 0 Å². The zero-order valence-corrected chi connectivity index (χ0v) is 14.7. The van der Waals surface area contributed by atoms with Crippen LogP contribution in [0.1, 0.15) is 21.9 Å². The number of carbonyl (C=O) groups excluding carboxylic acids is 1. The molecule has 7 heteroatoms. The third-order valence-electron chi connectivity index (χ3n) is 4.50. The number of nitrogens with zero attached hydrogens (tertiary/aromatic N) is 3. The molecule has 1 fully saturated rings. The second kappa shape index (κ2) is 7.23. The fourth-order valence-electron chi connectivity index (χ4n) is 3.10. The maximum atomic E-state index is 13.8. The molecule has 1 aliphatic heterocycles. The van der Waals surface area contributed by atoms with Crippen LogP contribution in [0.15, 0.2) is 24.4 Å². The molecule has 25 heavy (non-hydrogen) atoms. The smallest absolute Gasteiger partial charge is 0.253 e. The van der Waals surface area contributed by atoms with Crippen molar-refractivity contribution in [1.82, 2.24) is 14.5 Å². The summed E-state index contributed by atoms with van der Waals surface area (Å²) in [5, 5.41) is 0. The first-order valence-corrected chi connectivity index (χ1v) is 8.16. The Morgan fingerprint density at radius 1 is 1.36 bits per heavy atom. The fraction of sp³-hybridized carbons (Fsp3) is 0.444. The predicted molar refractivity (Wildman–Crippen MR) is 90.0 cm³/mol. The van der Waals surface area contributed by atoms with E-state index in [9.17, 15) is 9.18 Å². The monoisotopic (exact) mass is 347 g/mol. The van der Waals surface area contributed by atoms with Gasteiger partial charge in [-0.15, -0.1) is 0 Å². The van der Waals surface area contributed by atoms with Crippen LogP contribution in [0.3, 0.4) is 0 Å². The molecule has 0 radical (unpaired) electrons. The van der Waals surface area contributed by atoms with Crippen LogP contribution in [0.4, 0.5) is 4.39 Å². The van der Waals surface area contributed by atoms with Gasteiger partial charge in [-0.1, -0.05) is 0 Å². The minimum atomic E-state index is -0.524. The Hall–Kier alpha value is -2.41. The van der Waals surface area contributed by atoms with Gasteiger partial charge in [-0.25, -0.2) is 9.37 Å². The number of likely N-dealkylation sites (tertiary alicyclic amines) is 1. The summed E-state index contributed by atoms with van der Waals surface area (Å²) < 4.78 is 25.9. The highest BCUT2D eigenvalue weighted by Crippen LogP contribution is 2.24. The average Bonchev–Trinajstić information content (AvgIpc) is 2.90. The van der Waals surface area contributed by atoms with Gasteiger partial charge in [-0.2, -0.15) is 0 Å². The highest BCUT2D eigenvalue weighted by molar-refractivity contribution is 5.94. The standard InChI is InChI=1S/C18H22FN3O3/c1-12-7-20-17(11-24-2)22(12)10-13-8-21(9-13)18(23)14-4-5-16(25-3)15(19)6-14/h4-7,13H,8-11H2,1-3H3. The molecule has 0 spiro atoms. The number of methoxy groups -OCH3 is 2. The topological polar surface area (TPSA) is 56.6 Å². The van der Waals surface area contributed by atoms with E-state index in [1.807, 2.05) is 13.1 Å². The number of hydrogen-bond donors (Lipinski definition) is 0. The molecule has 1 aliphatic rings. The molecular weight excluding hydrogens is 325 g/mol. The fourth-order valence-corrected chi connectivity index (χ4v) is 3.10. The van der Waals surface area contributed by atoms with E-state index < -0.39 is 5.82 Å². The number of benzene rings is 1. The molecular formula is C18H22FN3O3. The lowest BCUT2D eigenvalue weighted by atomic mass is 9.98. The number of amides is 1. The Balaban J connectivity index is 1.60. The molecule has 1 amide bonds. The number of halogens is 1. The molecule has 2 heterocycles. The van der Waals surface area contributed by atoms with E-state index in [-0.39, 0.29) is 11.7 Å². The Kier molecular flexibility index (Phi) is 5.03. The summed E-state index contributed by atoms with van der Waals surface area (Å²) in [7, 11) is 3.04. The van der Waals surface area contributed by atoms with Gasteiger partial charge in [-0.05, 0) is 25.1 Å². The number of imidazole rings is 1. The highest BCUT2D eigenvalue weighted by atomic mass is 19.1. The Morgan fingerprint density at radius 2 is 2.12 bits per heavy atom. The average molecular weight is 347 g/mol. The van der Waals surface area contributed by atoms with Crippen LogP contribution in [-0.2, 0) is 17.9 Å². The van der Waals surface area contributed by atoms with Crippen molar-refractivity contribution in [3.63, 3.8) is 0 Å². The third-order valence-corrected chi connectivity index (χ3v) is 4.50. The predicted octanol–water partition coefficient (Wildman–Crippen LogP) is 2.26. The van der Waals surface area contributed by atoms with E-state index in [0.717, 1.165) is 18.1 Å². The van der Waals surface area contributed by atoms with Crippen LogP contribution in [0.5, 0.6) is 5.75 Å². The summed E-state index contributed by atoms with van der Waals surface area (Å²) in [6, 6.07) is 4.30. The lowest BCUT2D eigenvalue weighted by molar-refractivity contribution is 0.0461. The number of aryl methyl sites for hydroxylation is 1. The van der Waals surface area contributed by atoms with Gasteiger partial charge in [0.1, 0.15) is 12.4 Å². The second-order valence-corrected chi connectivity index (χ2v) is 6.28. The lowest BCUT2D eigenvalue weighted by Crippen LogP contribution is -2.51. The molecule has 0 N–H and O–H groups in total. The van der Waals surface area contributed by atoms with Crippen LogP contribution in [0, 0.1) is 18.7 Å². The normalized spacial score (nSPS) is 14.5. The molecule has 0 aliphatic carbocycles. The summed E-state index contributed by atoms with van der Waals surface area (Å²) >= 11 is 0. The first kappa shape index (κ1) is 17.4. The summed E-state index contributed by atoms with van der Waals surface area (Å²) in [4.78, 5) is 18.5. The summed E-state index contributed by atoms with van der Waals surface area (Å²) in [6.45, 7) is 4.57. The van der Waals surface area contributed by atoms with Gasteiger partial charge in [-0.3, -0.25) is 4.79 Å². The molecule has 0 atom stereocenters. The van der Waals surface area contributed by atoms with E-state index in [4.69, 9.17) is 9.47 Å². The SMILES string of the molecule is COCc1ncc(C)n1CC1CN(C(=O)c2ccc(OC)c(F)c2)C1. The van der Waals surface area contributed by atoms with Crippen molar-refractivity contribution in [2.45, 2.75) is 20.1 Å². The van der Waals surface area contributed by atoms with Gasteiger partial charge in [0.25, 0.3) is 5.91 Å². The highest BCUT2D eigenvalue weighted by Gasteiger charge is 2.32. The molecule has 2 aromatic rings. The van der Waals surface area contributed by atoms with E-state index >= 15 is 0 Å². The van der Waals surface area contributed by atoms with Gasteiger partial charge < -0.3 is 18.9 Å². The zero-order valence-electron chi connectivity index (χ0n) is 14.7. The minimum Gasteiger partial charge on any atom is -0.494 e. The van der Waals surface area contributed by atoms with Crippen molar-refractivity contribution in [2.24, 2.45) is 5.92 Å². The van der Waals surface area contributed by atoms with Crippen molar-refractivity contribution in [2.75, 3.05) is 27.3 Å². The molecule has 134 valence electrons. The van der Waals surface area contributed by atoms with Crippen LogP contribution in [-0.4, -0.2) is 47.7 Å². The molecule has 0 bridgehead atoms. The second-order valence-electron chi connectivity index (χ2n) is 6.28. The molecule has 1 aromatic heterocycles. The first-order chi connectivity index (χ1) is 12.0. The number of ether oxygens (including phenoxy) is 2. The maximum Gasteiger partial charge on any atom is 0.253 e. The molecule has 0 unspecified atom stereocenters. The van der Waals surface area contributed by atoms with Crippen molar-refractivity contribution in [3.8, 4) is 5.75 Å². The maximum absolute atomic E-state index is 13.8. The van der Waals surface area contributed by atoms with Gasteiger partial charge in [0.2, 0.25) is 0 Å². The number of hydrogen-bond acceptors (Lipinski definition) is 4. The van der Waals surface area contributed by atoms with Gasteiger partial charge in [0.15, 0.2) is 11.6 Å². The van der Waals surface area contributed by atoms with E-state index in [1.165, 1.54) is 19.2 Å². The number of rotatable bonds is 6. The van der Waals surface area contributed by atoms with Crippen molar-refractivity contribution in [1.29, 1.82) is 0 Å². The van der Waals surface area contributed by atoms with Gasteiger partial charge in [0.05, 0.1) is 7.11 Å². The summed E-state index contributed by atoms with van der Waals surface area (Å²) in [6.07, 6.45) is 1.83. The quantitative estimate of drug-likeness (QED) is 0.804. The molecule has 6 nitrogen and oxygen atoms in total. The zero-order chi connectivity index (χ0) is 18.0. The van der Waals surface area contributed by atoms with Gasteiger partial charge >= 0.3 is 0 Å². The van der Waals surface area contributed by atoms with E-state index in [2.05, 4.69) is 9.55 Å². The van der Waals surface area contributed by atoms with Gasteiger partial charge in [0, 0.05) is 50.1 Å².